The summed E-state index contributed by atoms with van der Waals surface area (Å²) in [5, 5.41) is 9.86. The second-order valence-electron chi connectivity index (χ2n) is 6.00. The smallest absolute Gasteiger partial charge is 0.343 e. The van der Waals surface area contributed by atoms with Crippen molar-refractivity contribution in [3.05, 3.63) is 102 Å². The molecule has 1 aliphatic heterocycles. The molecule has 0 fully saturated rings. The van der Waals surface area contributed by atoms with E-state index in [9.17, 15) is 9.90 Å². The van der Waals surface area contributed by atoms with E-state index in [1.165, 1.54) is 0 Å². The molecule has 0 aromatic heterocycles. The predicted octanol–water partition coefficient (Wildman–Crippen LogP) is 5.04. The lowest BCUT2D eigenvalue weighted by atomic mass is 10.0. The summed E-state index contributed by atoms with van der Waals surface area (Å²) >= 11 is 0. The number of phenols is 1. The van der Waals surface area contributed by atoms with Crippen LogP contribution >= 0.6 is 0 Å². The average molecular weight is 340 g/mol. The summed E-state index contributed by atoms with van der Waals surface area (Å²) in [6.45, 7) is 0. The lowest BCUT2D eigenvalue weighted by Gasteiger charge is -2.05. The van der Waals surface area contributed by atoms with Crippen molar-refractivity contribution in [1.29, 1.82) is 0 Å². The number of carbonyl (C=O) groups excluding carboxylic acids is 1. The highest BCUT2D eigenvalue weighted by Gasteiger charge is 2.22. The summed E-state index contributed by atoms with van der Waals surface area (Å²) in [7, 11) is 0. The first-order valence-electron chi connectivity index (χ1n) is 8.30. The fraction of sp³-hybridized carbons (Fsp3) is 0. The van der Waals surface area contributed by atoms with Gasteiger partial charge < -0.3 is 9.84 Å². The third kappa shape index (κ3) is 3.15. The number of hydrogen-bond acceptors (Lipinski definition) is 3. The topological polar surface area (TPSA) is 46.5 Å². The maximum atomic E-state index is 12.1. The number of benzene rings is 3. The van der Waals surface area contributed by atoms with Crippen LogP contribution in [0.5, 0.6) is 5.75 Å². The van der Waals surface area contributed by atoms with Gasteiger partial charge in [-0.25, -0.2) is 4.79 Å². The molecule has 0 saturated carbocycles. The van der Waals surface area contributed by atoms with Crippen LogP contribution < -0.4 is 0 Å². The molecule has 3 aromatic rings. The van der Waals surface area contributed by atoms with E-state index in [-0.39, 0.29) is 5.75 Å². The van der Waals surface area contributed by atoms with E-state index >= 15 is 0 Å². The minimum atomic E-state index is -0.421. The fourth-order valence-electron chi connectivity index (χ4n) is 2.87. The maximum absolute atomic E-state index is 12.1. The summed E-state index contributed by atoms with van der Waals surface area (Å²) in [5.41, 5.74) is 4.06. The molecular formula is C23H16O3. The Morgan fingerprint density at radius 1 is 0.731 bits per heavy atom. The number of carbonyl (C=O) groups is 1. The zero-order valence-electron chi connectivity index (χ0n) is 13.9. The molecule has 0 aliphatic carbocycles. The van der Waals surface area contributed by atoms with Gasteiger partial charge in [-0.15, -0.1) is 0 Å². The highest BCUT2D eigenvalue weighted by molar-refractivity contribution is 6.05. The number of cyclic esters (lactones) is 1. The monoisotopic (exact) mass is 340 g/mol. The van der Waals surface area contributed by atoms with Gasteiger partial charge in [0.2, 0.25) is 0 Å². The van der Waals surface area contributed by atoms with Gasteiger partial charge in [0.25, 0.3) is 0 Å². The van der Waals surface area contributed by atoms with Crippen LogP contribution in [-0.2, 0) is 9.53 Å². The quantitative estimate of drug-likeness (QED) is 0.537. The summed E-state index contributed by atoms with van der Waals surface area (Å²) in [5.74, 6) is 0.216. The largest absolute Gasteiger partial charge is 0.507 e. The number of aromatic hydroxyl groups is 1. The van der Waals surface area contributed by atoms with Crippen molar-refractivity contribution in [2.45, 2.75) is 0 Å². The molecule has 26 heavy (non-hydrogen) atoms. The van der Waals surface area contributed by atoms with Gasteiger partial charge in [-0.05, 0) is 29.3 Å². The van der Waals surface area contributed by atoms with Crippen molar-refractivity contribution in [3.63, 3.8) is 0 Å². The van der Waals surface area contributed by atoms with E-state index in [4.69, 9.17) is 4.74 Å². The Morgan fingerprint density at radius 3 is 2.08 bits per heavy atom. The predicted molar refractivity (Wildman–Crippen MR) is 102 cm³/mol. The maximum Gasteiger partial charge on any atom is 0.343 e. The van der Waals surface area contributed by atoms with Gasteiger partial charge >= 0.3 is 5.97 Å². The first-order chi connectivity index (χ1) is 12.7. The first kappa shape index (κ1) is 15.9. The van der Waals surface area contributed by atoms with Crippen LogP contribution in [0.2, 0.25) is 0 Å². The third-order valence-corrected chi connectivity index (χ3v) is 4.25. The molecule has 0 spiro atoms. The Bertz CT molecular complexity index is 1010. The Kier molecular flexibility index (Phi) is 4.12. The molecular weight excluding hydrogens is 324 g/mol. The van der Waals surface area contributed by atoms with Crippen LogP contribution in [-0.4, -0.2) is 11.1 Å². The molecule has 1 N–H and O–H groups in total. The zero-order chi connectivity index (χ0) is 17.9. The Hall–Kier alpha value is -3.59. The molecule has 3 aromatic carbocycles. The van der Waals surface area contributed by atoms with Crippen molar-refractivity contribution in [3.8, 4) is 16.9 Å². The van der Waals surface area contributed by atoms with Crippen molar-refractivity contribution >= 4 is 17.8 Å². The van der Waals surface area contributed by atoms with Crippen LogP contribution in [0.4, 0.5) is 0 Å². The number of esters is 1. The Morgan fingerprint density at radius 2 is 1.35 bits per heavy atom. The van der Waals surface area contributed by atoms with Crippen molar-refractivity contribution in [2.24, 2.45) is 0 Å². The van der Waals surface area contributed by atoms with Crippen LogP contribution in [0.25, 0.3) is 23.0 Å². The third-order valence-electron chi connectivity index (χ3n) is 4.25. The first-order valence-corrected chi connectivity index (χ1v) is 8.30. The van der Waals surface area contributed by atoms with Gasteiger partial charge in [-0.3, -0.25) is 0 Å². The standard InChI is InChI=1S/C23H16O3/c24-21-9-5-4-8-19(21)14-20-15-22(26-23(20)25)18-12-10-17(11-13-18)16-6-2-1-3-7-16/h1-15,24H/b20-14+. The minimum Gasteiger partial charge on any atom is -0.507 e. The molecule has 1 heterocycles. The van der Waals surface area contributed by atoms with E-state index < -0.39 is 5.97 Å². The number of ether oxygens (including phenoxy) is 1. The van der Waals surface area contributed by atoms with Gasteiger partial charge in [0.1, 0.15) is 11.5 Å². The molecule has 0 bridgehead atoms. The highest BCUT2D eigenvalue weighted by atomic mass is 16.5. The fourth-order valence-corrected chi connectivity index (χ4v) is 2.87. The summed E-state index contributed by atoms with van der Waals surface area (Å²) in [6, 6.07) is 24.8. The number of rotatable bonds is 3. The molecule has 3 nitrogen and oxygen atoms in total. The van der Waals surface area contributed by atoms with Crippen LogP contribution in [0.1, 0.15) is 11.1 Å². The Labute approximate surface area is 151 Å². The van der Waals surface area contributed by atoms with Crippen LogP contribution in [0.3, 0.4) is 0 Å². The molecule has 4 rings (SSSR count). The van der Waals surface area contributed by atoms with Crippen molar-refractivity contribution < 1.29 is 14.6 Å². The van der Waals surface area contributed by atoms with E-state index in [0.717, 1.165) is 16.7 Å². The molecule has 0 amide bonds. The molecule has 0 unspecified atom stereocenters. The number of phenolic OH excluding ortho intramolecular Hbond substituents is 1. The van der Waals surface area contributed by atoms with Gasteiger partial charge in [0.05, 0.1) is 5.57 Å². The lowest BCUT2D eigenvalue weighted by Crippen LogP contribution is -1.97. The van der Waals surface area contributed by atoms with E-state index in [1.807, 2.05) is 42.5 Å². The SMILES string of the molecule is O=C1OC(c2ccc(-c3ccccc3)cc2)=C/C1=C\c1ccccc1O. The normalized spacial score (nSPS) is 15.0. The van der Waals surface area contributed by atoms with Gasteiger partial charge in [0, 0.05) is 11.1 Å². The van der Waals surface area contributed by atoms with Gasteiger partial charge in [-0.1, -0.05) is 72.8 Å². The molecule has 3 heteroatoms. The van der Waals surface area contributed by atoms with E-state index in [2.05, 4.69) is 12.1 Å². The zero-order valence-corrected chi connectivity index (χ0v) is 13.9. The Balaban J connectivity index is 1.62. The summed E-state index contributed by atoms with van der Waals surface area (Å²) in [4.78, 5) is 12.1. The number of hydrogen-bond donors (Lipinski definition) is 1. The van der Waals surface area contributed by atoms with Crippen molar-refractivity contribution in [2.75, 3.05) is 0 Å². The van der Waals surface area contributed by atoms with Gasteiger partial charge in [0.15, 0.2) is 0 Å². The molecule has 1 aliphatic rings. The van der Waals surface area contributed by atoms with Crippen LogP contribution in [0, 0.1) is 0 Å². The second kappa shape index (κ2) is 6.73. The van der Waals surface area contributed by atoms with Crippen LogP contribution in [0.15, 0.2) is 90.5 Å². The van der Waals surface area contributed by atoms with E-state index in [0.29, 0.717) is 16.9 Å². The average Bonchev–Trinajstić information content (AvgIpc) is 3.05. The second-order valence-corrected chi connectivity index (χ2v) is 6.00. The molecule has 0 radical (unpaired) electrons. The highest BCUT2D eigenvalue weighted by Crippen LogP contribution is 2.30. The van der Waals surface area contributed by atoms with Crippen molar-refractivity contribution in [1.82, 2.24) is 0 Å². The minimum absolute atomic E-state index is 0.127. The van der Waals surface area contributed by atoms with Gasteiger partial charge in [-0.2, -0.15) is 0 Å². The summed E-state index contributed by atoms with van der Waals surface area (Å²) in [6.07, 6.45) is 3.33. The molecule has 126 valence electrons. The molecule has 0 saturated heterocycles. The number of para-hydroxylation sites is 1. The van der Waals surface area contributed by atoms with E-state index in [1.54, 1.807) is 36.4 Å². The molecule has 0 atom stereocenters. The summed E-state index contributed by atoms with van der Waals surface area (Å²) < 4.78 is 5.39. The lowest BCUT2D eigenvalue weighted by molar-refractivity contribution is -0.130.